The molecule has 0 radical (unpaired) electrons. The van der Waals surface area contributed by atoms with Crippen molar-refractivity contribution in [1.82, 2.24) is 4.57 Å². The van der Waals surface area contributed by atoms with E-state index in [4.69, 9.17) is 0 Å². The summed E-state index contributed by atoms with van der Waals surface area (Å²) >= 11 is 0. The first-order valence-corrected chi connectivity index (χ1v) is 20.7. The topological polar surface area (TPSA) is 8.17 Å². The third-order valence-corrected chi connectivity index (χ3v) is 12.3. The van der Waals surface area contributed by atoms with Crippen LogP contribution in [0, 0.1) is 0 Å². The molecule has 0 saturated heterocycles. The zero-order chi connectivity index (χ0) is 39.6. The van der Waals surface area contributed by atoms with Crippen molar-refractivity contribution in [2.24, 2.45) is 0 Å². The molecule has 12 aromatic rings. The van der Waals surface area contributed by atoms with Crippen molar-refractivity contribution in [3.05, 3.63) is 231 Å². The van der Waals surface area contributed by atoms with Crippen molar-refractivity contribution >= 4 is 82.0 Å². The summed E-state index contributed by atoms with van der Waals surface area (Å²) in [5.74, 6) is 0. The Hall–Kier alpha value is -7.94. The lowest BCUT2D eigenvalue weighted by molar-refractivity contribution is 1.18. The lowest BCUT2D eigenvalue weighted by Crippen LogP contribution is -2.11. The molecule has 0 spiro atoms. The SMILES string of the molecule is c1ccc(-c2ccc(N(c3ccc(-n4c5ccccc5c5ccc6ccccc6c54)cc3)c3ccc4c5ccccc5c5ccccc5c4c3)c(-c3ccccc3)c2)cc1. The van der Waals surface area contributed by atoms with Crippen molar-refractivity contribution in [2.45, 2.75) is 0 Å². The predicted octanol–water partition coefficient (Wildman–Crippen LogP) is 16.2. The number of aromatic nitrogens is 1. The van der Waals surface area contributed by atoms with Gasteiger partial charge in [0.05, 0.1) is 16.7 Å². The van der Waals surface area contributed by atoms with Gasteiger partial charge in [-0.2, -0.15) is 0 Å². The highest BCUT2D eigenvalue weighted by Gasteiger charge is 2.21. The summed E-state index contributed by atoms with van der Waals surface area (Å²) in [5, 5.41) is 12.6. The normalized spacial score (nSPS) is 11.7. The van der Waals surface area contributed by atoms with Gasteiger partial charge >= 0.3 is 0 Å². The first-order valence-electron chi connectivity index (χ1n) is 20.7. The summed E-state index contributed by atoms with van der Waals surface area (Å²) in [6, 6.07) is 84.3. The van der Waals surface area contributed by atoms with Crippen LogP contribution in [0.5, 0.6) is 0 Å². The molecule has 1 aromatic heterocycles. The van der Waals surface area contributed by atoms with Crippen molar-refractivity contribution in [3.63, 3.8) is 0 Å². The summed E-state index contributed by atoms with van der Waals surface area (Å²) in [6.45, 7) is 0. The van der Waals surface area contributed by atoms with Crippen molar-refractivity contribution in [1.29, 1.82) is 0 Å². The molecule has 60 heavy (non-hydrogen) atoms. The van der Waals surface area contributed by atoms with E-state index in [0.29, 0.717) is 0 Å². The second-order valence-electron chi connectivity index (χ2n) is 15.7. The molecule has 0 fully saturated rings. The van der Waals surface area contributed by atoms with E-state index >= 15 is 0 Å². The van der Waals surface area contributed by atoms with Gasteiger partial charge in [-0.1, -0.05) is 176 Å². The van der Waals surface area contributed by atoms with Crippen LogP contribution in [0.2, 0.25) is 0 Å². The molecule has 0 atom stereocenters. The Morgan fingerprint density at radius 1 is 0.300 bits per heavy atom. The second-order valence-corrected chi connectivity index (χ2v) is 15.7. The van der Waals surface area contributed by atoms with Crippen LogP contribution in [0.1, 0.15) is 0 Å². The number of para-hydroxylation sites is 1. The minimum atomic E-state index is 1.08. The number of anilines is 3. The Balaban J connectivity index is 1.11. The van der Waals surface area contributed by atoms with Gasteiger partial charge in [0.25, 0.3) is 0 Å². The Kier molecular flexibility index (Phi) is 7.89. The molecule has 12 rings (SSSR count). The Morgan fingerprint density at radius 3 is 1.53 bits per heavy atom. The van der Waals surface area contributed by atoms with Crippen LogP contribution in [0.4, 0.5) is 17.1 Å². The first-order chi connectivity index (χ1) is 29.8. The number of fused-ring (bicyclic) bond motifs is 11. The molecule has 0 aliphatic heterocycles. The number of hydrogen-bond donors (Lipinski definition) is 0. The van der Waals surface area contributed by atoms with Gasteiger partial charge in [0.1, 0.15) is 0 Å². The third kappa shape index (κ3) is 5.42. The quantitative estimate of drug-likeness (QED) is 0.153. The van der Waals surface area contributed by atoms with Gasteiger partial charge in [-0.3, -0.25) is 0 Å². The van der Waals surface area contributed by atoms with Gasteiger partial charge in [0, 0.05) is 38.8 Å². The lowest BCUT2D eigenvalue weighted by atomic mass is 9.93. The van der Waals surface area contributed by atoms with Gasteiger partial charge in [-0.25, -0.2) is 0 Å². The van der Waals surface area contributed by atoms with E-state index < -0.39 is 0 Å². The number of benzene rings is 11. The first kappa shape index (κ1) is 34.1. The lowest BCUT2D eigenvalue weighted by Gasteiger charge is -2.29. The molecule has 0 bridgehead atoms. The molecule has 0 N–H and O–H groups in total. The van der Waals surface area contributed by atoms with Crippen molar-refractivity contribution < 1.29 is 0 Å². The molecule has 0 unspecified atom stereocenters. The number of hydrogen-bond acceptors (Lipinski definition) is 1. The van der Waals surface area contributed by atoms with Crippen LogP contribution in [0.25, 0.3) is 92.8 Å². The molecule has 0 amide bonds. The highest BCUT2D eigenvalue weighted by atomic mass is 15.1. The summed E-state index contributed by atoms with van der Waals surface area (Å²) in [6.07, 6.45) is 0. The molecular formula is C58H38N2. The van der Waals surface area contributed by atoms with Crippen LogP contribution in [-0.2, 0) is 0 Å². The average molecular weight is 763 g/mol. The minimum Gasteiger partial charge on any atom is -0.310 e. The maximum atomic E-state index is 2.45. The van der Waals surface area contributed by atoms with Crippen LogP contribution in [0.3, 0.4) is 0 Å². The predicted molar refractivity (Wildman–Crippen MR) is 256 cm³/mol. The summed E-state index contributed by atoms with van der Waals surface area (Å²) < 4.78 is 2.44. The van der Waals surface area contributed by atoms with Gasteiger partial charge in [-0.05, 0) is 109 Å². The molecule has 0 saturated carbocycles. The van der Waals surface area contributed by atoms with Gasteiger partial charge in [0.15, 0.2) is 0 Å². The molecule has 1 heterocycles. The van der Waals surface area contributed by atoms with E-state index in [-0.39, 0.29) is 0 Å². The highest BCUT2D eigenvalue weighted by Crippen LogP contribution is 2.46. The maximum Gasteiger partial charge on any atom is 0.0619 e. The smallest absolute Gasteiger partial charge is 0.0619 e. The molecule has 0 aliphatic rings. The molecule has 0 aliphatic carbocycles. The zero-order valence-corrected chi connectivity index (χ0v) is 32.8. The Morgan fingerprint density at radius 2 is 0.833 bits per heavy atom. The van der Waals surface area contributed by atoms with Crippen molar-refractivity contribution in [3.8, 4) is 27.9 Å². The third-order valence-electron chi connectivity index (χ3n) is 12.3. The zero-order valence-electron chi connectivity index (χ0n) is 32.8. The van der Waals surface area contributed by atoms with Crippen molar-refractivity contribution in [2.75, 3.05) is 4.90 Å². The minimum absolute atomic E-state index is 1.08. The summed E-state index contributed by atoms with van der Waals surface area (Å²) in [4.78, 5) is 2.45. The largest absolute Gasteiger partial charge is 0.310 e. The highest BCUT2D eigenvalue weighted by molar-refractivity contribution is 6.26. The van der Waals surface area contributed by atoms with Crippen LogP contribution < -0.4 is 4.90 Å². The second kappa shape index (κ2) is 13.9. The van der Waals surface area contributed by atoms with Crippen LogP contribution in [0.15, 0.2) is 231 Å². The summed E-state index contributed by atoms with van der Waals surface area (Å²) in [7, 11) is 0. The number of nitrogens with zero attached hydrogens (tertiary/aromatic N) is 2. The molecule has 280 valence electrons. The average Bonchev–Trinajstić information content (AvgIpc) is 3.67. The van der Waals surface area contributed by atoms with E-state index in [0.717, 1.165) is 22.7 Å². The van der Waals surface area contributed by atoms with E-state index in [1.807, 2.05) is 0 Å². The van der Waals surface area contributed by atoms with Crippen LogP contribution >= 0.6 is 0 Å². The van der Waals surface area contributed by atoms with E-state index in [1.165, 1.54) is 87.1 Å². The van der Waals surface area contributed by atoms with E-state index in [1.54, 1.807) is 0 Å². The molecule has 2 heteroatoms. The van der Waals surface area contributed by atoms with Crippen LogP contribution in [-0.4, -0.2) is 4.57 Å². The summed E-state index contributed by atoms with van der Waals surface area (Å²) in [5.41, 5.74) is 11.6. The maximum absolute atomic E-state index is 2.45. The standard InChI is InChI=1S/C58H38N2/c1-3-15-39(16-4-1)42-28-36-57(54(37-42)40-17-5-2-6-18-40)59(45-33-35-51-49-23-10-9-21-47(49)48-22-11-12-24-50(48)55(51)38-45)43-29-31-44(32-30-43)60-56-26-14-13-25-52(56)53-34-27-41-19-7-8-20-46(41)58(53)60/h1-38H. The van der Waals surface area contributed by atoms with Gasteiger partial charge < -0.3 is 9.47 Å². The van der Waals surface area contributed by atoms with Gasteiger partial charge in [-0.15, -0.1) is 0 Å². The number of rotatable bonds is 6. The monoisotopic (exact) mass is 762 g/mol. The Bertz CT molecular complexity index is 3550. The molecular weight excluding hydrogens is 725 g/mol. The van der Waals surface area contributed by atoms with E-state index in [2.05, 4.69) is 240 Å². The fourth-order valence-electron chi connectivity index (χ4n) is 9.60. The van der Waals surface area contributed by atoms with E-state index in [9.17, 15) is 0 Å². The van der Waals surface area contributed by atoms with Gasteiger partial charge in [0.2, 0.25) is 0 Å². The fourth-order valence-corrected chi connectivity index (χ4v) is 9.60. The Labute approximate surface area is 348 Å². The fraction of sp³-hybridized carbons (Fsp3) is 0. The molecule has 2 nitrogen and oxygen atoms in total. The molecule has 11 aromatic carbocycles.